The summed E-state index contributed by atoms with van der Waals surface area (Å²) in [6.07, 6.45) is 0.701. The van der Waals surface area contributed by atoms with Gasteiger partial charge in [0.15, 0.2) is 0 Å². The van der Waals surface area contributed by atoms with Gasteiger partial charge in [-0.3, -0.25) is 9.59 Å². The van der Waals surface area contributed by atoms with Crippen LogP contribution in [0.25, 0.3) is 0 Å². The summed E-state index contributed by atoms with van der Waals surface area (Å²) in [7, 11) is 1.61. The highest BCUT2D eigenvalue weighted by Crippen LogP contribution is 2.24. The fourth-order valence-electron chi connectivity index (χ4n) is 2.04. The molecule has 0 saturated carbocycles. The summed E-state index contributed by atoms with van der Waals surface area (Å²) in [5, 5.41) is 2.80. The van der Waals surface area contributed by atoms with Crippen molar-refractivity contribution in [3.8, 4) is 5.75 Å². The Hall–Kier alpha value is -2.08. The van der Waals surface area contributed by atoms with Crippen molar-refractivity contribution in [3.05, 3.63) is 24.3 Å². The summed E-state index contributed by atoms with van der Waals surface area (Å²) in [6.45, 7) is 6.35. The number of hydrogen-bond donors (Lipinski definition) is 1. The Labute approximate surface area is 137 Å². The third-order valence-electron chi connectivity index (χ3n) is 3.08. The second-order valence-electron chi connectivity index (χ2n) is 5.50. The number of benzene rings is 1. The van der Waals surface area contributed by atoms with Crippen molar-refractivity contribution in [2.24, 2.45) is 0 Å². The zero-order chi connectivity index (χ0) is 17.2. The molecule has 6 heteroatoms. The molecule has 0 atom stereocenters. The molecule has 23 heavy (non-hydrogen) atoms. The van der Waals surface area contributed by atoms with E-state index in [0.29, 0.717) is 31.0 Å². The van der Waals surface area contributed by atoms with Gasteiger partial charge in [0, 0.05) is 27.2 Å². The van der Waals surface area contributed by atoms with Gasteiger partial charge in [-0.25, -0.2) is 0 Å². The summed E-state index contributed by atoms with van der Waals surface area (Å²) < 4.78 is 10.6. The molecule has 0 radical (unpaired) electrons. The van der Waals surface area contributed by atoms with Crippen LogP contribution in [-0.2, 0) is 14.3 Å². The summed E-state index contributed by atoms with van der Waals surface area (Å²) >= 11 is 0. The number of amides is 2. The molecule has 0 spiro atoms. The van der Waals surface area contributed by atoms with E-state index in [1.165, 1.54) is 11.8 Å². The van der Waals surface area contributed by atoms with Gasteiger partial charge in [0.2, 0.25) is 11.8 Å². The minimum Gasteiger partial charge on any atom is -0.489 e. The average Bonchev–Trinajstić information content (AvgIpc) is 2.47. The van der Waals surface area contributed by atoms with E-state index >= 15 is 0 Å². The van der Waals surface area contributed by atoms with Gasteiger partial charge in [-0.2, -0.15) is 0 Å². The first kappa shape index (κ1) is 19.0. The van der Waals surface area contributed by atoms with Crippen LogP contribution in [0, 0.1) is 0 Å². The highest BCUT2D eigenvalue weighted by atomic mass is 16.5. The summed E-state index contributed by atoms with van der Waals surface area (Å²) in [6, 6.07) is 7.25. The number of carbonyl (C=O) groups excluding carboxylic acids is 2. The first-order valence-electron chi connectivity index (χ1n) is 7.74. The molecule has 0 aliphatic carbocycles. The number of carbonyl (C=O) groups is 2. The number of ether oxygens (including phenoxy) is 2. The first-order chi connectivity index (χ1) is 10.9. The second kappa shape index (κ2) is 9.84. The molecule has 0 fully saturated rings. The van der Waals surface area contributed by atoms with E-state index in [1.54, 1.807) is 19.2 Å². The summed E-state index contributed by atoms with van der Waals surface area (Å²) in [5.41, 5.74) is 0.603. The minimum absolute atomic E-state index is 0.00899. The fraction of sp³-hybridized carbons (Fsp3) is 0.529. The molecule has 0 aliphatic heterocycles. The zero-order valence-electron chi connectivity index (χ0n) is 14.3. The summed E-state index contributed by atoms with van der Waals surface area (Å²) in [5.74, 6) is 0.227. The van der Waals surface area contributed by atoms with Crippen molar-refractivity contribution >= 4 is 17.5 Å². The molecular formula is C17H26N2O4. The van der Waals surface area contributed by atoms with Gasteiger partial charge < -0.3 is 19.7 Å². The number of hydrogen-bond acceptors (Lipinski definition) is 4. The highest BCUT2D eigenvalue weighted by Gasteiger charge is 2.15. The lowest BCUT2D eigenvalue weighted by Gasteiger charge is -2.21. The maximum atomic E-state index is 12.2. The van der Waals surface area contributed by atoms with E-state index in [9.17, 15) is 9.59 Å². The Morgan fingerprint density at radius 1 is 1.26 bits per heavy atom. The number of anilines is 1. The van der Waals surface area contributed by atoms with E-state index in [2.05, 4.69) is 5.32 Å². The lowest BCUT2D eigenvalue weighted by molar-refractivity contribution is -0.132. The molecule has 1 aromatic carbocycles. The van der Waals surface area contributed by atoms with Crippen molar-refractivity contribution in [2.45, 2.75) is 33.3 Å². The lowest BCUT2D eigenvalue weighted by Crippen LogP contribution is -2.37. The van der Waals surface area contributed by atoms with E-state index in [0.717, 1.165) is 0 Å². The van der Waals surface area contributed by atoms with Gasteiger partial charge in [0.25, 0.3) is 0 Å². The number of nitrogens with one attached hydrogen (secondary N) is 1. The number of methoxy groups -OCH3 is 1. The highest BCUT2D eigenvalue weighted by molar-refractivity contribution is 5.95. The van der Waals surface area contributed by atoms with Crippen LogP contribution in [0.3, 0.4) is 0 Å². The topological polar surface area (TPSA) is 67.9 Å². The van der Waals surface area contributed by atoms with E-state index < -0.39 is 0 Å². The molecule has 0 heterocycles. The van der Waals surface area contributed by atoms with E-state index in [4.69, 9.17) is 9.47 Å². The Bertz CT molecular complexity index is 517. The average molecular weight is 322 g/mol. The van der Waals surface area contributed by atoms with Crippen LogP contribution in [0.1, 0.15) is 27.2 Å². The molecule has 1 aromatic rings. The maximum Gasteiger partial charge on any atom is 0.244 e. The van der Waals surface area contributed by atoms with Crippen LogP contribution in [0.5, 0.6) is 5.75 Å². The molecular weight excluding hydrogens is 296 g/mol. The van der Waals surface area contributed by atoms with Crippen LogP contribution >= 0.6 is 0 Å². The Balaban J connectivity index is 2.65. The smallest absolute Gasteiger partial charge is 0.244 e. The van der Waals surface area contributed by atoms with Crippen LogP contribution in [-0.4, -0.2) is 49.6 Å². The largest absolute Gasteiger partial charge is 0.489 e. The van der Waals surface area contributed by atoms with Gasteiger partial charge >= 0.3 is 0 Å². The van der Waals surface area contributed by atoms with Crippen LogP contribution in [0.15, 0.2) is 24.3 Å². The standard InChI is InChI=1S/C17H26N2O4/c1-13(2)23-16-9-6-5-8-15(16)18-17(21)12-19(14(3)20)10-7-11-22-4/h5-6,8-9,13H,7,10-12H2,1-4H3,(H,18,21). The Kier molecular flexibility index (Phi) is 8.11. The van der Waals surface area contributed by atoms with Crippen molar-refractivity contribution in [1.29, 1.82) is 0 Å². The zero-order valence-corrected chi connectivity index (χ0v) is 14.3. The summed E-state index contributed by atoms with van der Waals surface area (Å²) in [4.78, 5) is 25.3. The molecule has 0 saturated heterocycles. The van der Waals surface area contributed by atoms with Gasteiger partial charge in [-0.15, -0.1) is 0 Å². The molecule has 1 rings (SSSR count). The lowest BCUT2D eigenvalue weighted by atomic mass is 10.2. The Morgan fingerprint density at radius 2 is 1.96 bits per heavy atom. The van der Waals surface area contributed by atoms with Gasteiger partial charge in [-0.05, 0) is 32.4 Å². The number of para-hydroxylation sites is 2. The molecule has 1 N–H and O–H groups in total. The molecule has 128 valence electrons. The minimum atomic E-state index is -0.252. The second-order valence-corrected chi connectivity index (χ2v) is 5.50. The predicted octanol–water partition coefficient (Wildman–Crippen LogP) is 2.30. The van der Waals surface area contributed by atoms with Gasteiger partial charge in [0.1, 0.15) is 5.75 Å². The SMILES string of the molecule is COCCCN(CC(=O)Nc1ccccc1OC(C)C)C(C)=O. The van der Waals surface area contributed by atoms with Crippen LogP contribution in [0.4, 0.5) is 5.69 Å². The quantitative estimate of drug-likeness (QED) is 0.708. The van der Waals surface area contributed by atoms with Crippen molar-refractivity contribution in [2.75, 3.05) is 32.1 Å². The van der Waals surface area contributed by atoms with Crippen LogP contribution in [0.2, 0.25) is 0 Å². The maximum absolute atomic E-state index is 12.2. The van der Waals surface area contributed by atoms with Crippen molar-refractivity contribution < 1.29 is 19.1 Å². The van der Waals surface area contributed by atoms with E-state index in [1.807, 2.05) is 26.0 Å². The third kappa shape index (κ3) is 7.15. The molecule has 0 aliphatic rings. The number of nitrogens with zero attached hydrogens (tertiary/aromatic N) is 1. The monoisotopic (exact) mass is 322 g/mol. The van der Waals surface area contributed by atoms with Crippen molar-refractivity contribution in [3.63, 3.8) is 0 Å². The van der Waals surface area contributed by atoms with Crippen LogP contribution < -0.4 is 10.1 Å². The molecule has 0 bridgehead atoms. The molecule has 0 unspecified atom stereocenters. The van der Waals surface area contributed by atoms with Gasteiger partial charge in [-0.1, -0.05) is 12.1 Å². The fourth-order valence-corrected chi connectivity index (χ4v) is 2.04. The van der Waals surface area contributed by atoms with Gasteiger partial charge in [0.05, 0.1) is 18.3 Å². The Morgan fingerprint density at radius 3 is 2.57 bits per heavy atom. The third-order valence-corrected chi connectivity index (χ3v) is 3.08. The molecule has 2 amide bonds. The molecule has 0 aromatic heterocycles. The first-order valence-corrected chi connectivity index (χ1v) is 7.74. The van der Waals surface area contributed by atoms with Crippen molar-refractivity contribution in [1.82, 2.24) is 4.90 Å². The normalized spacial score (nSPS) is 10.5. The van der Waals surface area contributed by atoms with E-state index in [-0.39, 0.29) is 24.5 Å². The molecule has 6 nitrogen and oxygen atoms in total. The predicted molar refractivity (Wildman–Crippen MR) is 89.6 cm³/mol. The number of rotatable bonds is 9.